The predicted octanol–water partition coefficient (Wildman–Crippen LogP) is 3.46. The summed E-state index contributed by atoms with van der Waals surface area (Å²) in [5, 5.41) is 0.685. The monoisotopic (exact) mass is 449 g/mol. The van der Waals surface area contributed by atoms with Gasteiger partial charge in [0.1, 0.15) is 6.04 Å². The van der Waals surface area contributed by atoms with Crippen LogP contribution in [0.1, 0.15) is 18.1 Å². The van der Waals surface area contributed by atoms with Crippen molar-refractivity contribution < 1.29 is 13.2 Å². The molecule has 0 aliphatic carbocycles. The van der Waals surface area contributed by atoms with E-state index < -0.39 is 16.1 Å². The number of aryl methyl sites for hydroxylation is 2. The summed E-state index contributed by atoms with van der Waals surface area (Å²) in [5.74, 6) is -0.191. The molecule has 162 valence electrons. The van der Waals surface area contributed by atoms with Crippen LogP contribution in [0.4, 0.5) is 11.4 Å². The molecule has 1 aliphatic heterocycles. The lowest BCUT2D eigenvalue weighted by Gasteiger charge is -2.39. The van der Waals surface area contributed by atoms with Crippen LogP contribution in [-0.4, -0.2) is 57.7 Å². The van der Waals surface area contributed by atoms with Crippen molar-refractivity contribution in [3.63, 3.8) is 0 Å². The number of hydrogen-bond acceptors (Lipinski definition) is 4. The number of hydrogen-bond donors (Lipinski definition) is 0. The molecule has 1 heterocycles. The van der Waals surface area contributed by atoms with Gasteiger partial charge < -0.3 is 9.80 Å². The summed E-state index contributed by atoms with van der Waals surface area (Å²) in [5.41, 5.74) is 3.73. The van der Waals surface area contributed by atoms with E-state index in [1.54, 1.807) is 24.0 Å². The van der Waals surface area contributed by atoms with E-state index in [1.165, 1.54) is 4.31 Å². The molecule has 0 unspecified atom stereocenters. The molecule has 2 aromatic carbocycles. The number of halogens is 1. The molecule has 0 bridgehead atoms. The minimum absolute atomic E-state index is 0.191. The number of carbonyl (C=O) groups excluding carboxylic acids is 1. The van der Waals surface area contributed by atoms with E-state index in [1.807, 2.05) is 44.2 Å². The van der Waals surface area contributed by atoms with Gasteiger partial charge in [-0.15, -0.1) is 0 Å². The molecule has 1 atom stereocenters. The molecule has 1 aliphatic rings. The standard InChI is InChI=1S/C22H28ClN3O3S/c1-16-5-9-20(10-6-16)26(30(4,28)29)18(3)22(27)25-13-11-24(12-14-25)21-15-19(23)8-7-17(21)2/h5-10,15,18H,11-14H2,1-4H3/t18-/m0/s1. The molecule has 1 saturated heterocycles. The van der Waals surface area contributed by atoms with E-state index >= 15 is 0 Å². The summed E-state index contributed by atoms with van der Waals surface area (Å²) in [6.07, 6.45) is 1.14. The molecule has 1 amide bonds. The van der Waals surface area contributed by atoms with Crippen LogP contribution in [0.3, 0.4) is 0 Å². The van der Waals surface area contributed by atoms with Crippen molar-refractivity contribution in [2.45, 2.75) is 26.8 Å². The van der Waals surface area contributed by atoms with Crippen LogP contribution in [0, 0.1) is 13.8 Å². The van der Waals surface area contributed by atoms with Gasteiger partial charge in [0.2, 0.25) is 15.9 Å². The molecule has 0 N–H and O–H groups in total. The molecule has 1 fully saturated rings. The van der Waals surface area contributed by atoms with Gasteiger partial charge >= 0.3 is 0 Å². The van der Waals surface area contributed by atoms with Gasteiger partial charge in [-0.05, 0) is 50.6 Å². The largest absolute Gasteiger partial charge is 0.368 e. The normalized spacial score (nSPS) is 15.8. The maximum atomic E-state index is 13.2. The third kappa shape index (κ3) is 4.90. The first kappa shape index (κ1) is 22.4. The maximum Gasteiger partial charge on any atom is 0.246 e. The Morgan fingerprint density at radius 2 is 1.63 bits per heavy atom. The number of amides is 1. The van der Waals surface area contributed by atoms with E-state index in [0.29, 0.717) is 36.9 Å². The summed E-state index contributed by atoms with van der Waals surface area (Å²) in [7, 11) is -3.62. The van der Waals surface area contributed by atoms with E-state index in [0.717, 1.165) is 23.1 Å². The number of sulfonamides is 1. The highest BCUT2D eigenvalue weighted by Crippen LogP contribution is 2.26. The molecule has 6 nitrogen and oxygen atoms in total. The summed E-state index contributed by atoms with van der Waals surface area (Å²) in [6.45, 7) is 8.02. The molecule has 0 aromatic heterocycles. The third-order valence-corrected chi connectivity index (χ3v) is 6.93. The molecule has 0 radical (unpaired) electrons. The minimum atomic E-state index is -3.62. The highest BCUT2D eigenvalue weighted by Gasteiger charge is 2.33. The number of benzene rings is 2. The average molecular weight is 450 g/mol. The van der Waals surface area contributed by atoms with Crippen molar-refractivity contribution >= 4 is 38.9 Å². The van der Waals surface area contributed by atoms with Crippen LogP contribution in [0.2, 0.25) is 5.02 Å². The molecule has 2 aromatic rings. The Hall–Kier alpha value is -2.25. The number of nitrogens with zero attached hydrogens (tertiary/aromatic N) is 3. The molecular formula is C22H28ClN3O3S. The van der Waals surface area contributed by atoms with Crippen molar-refractivity contribution in [3.05, 3.63) is 58.6 Å². The topological polar surface area (TPSA) is 60.9 Å². The van der Waals surface area contributed by atoms with Crippen molar-refractivity contribution in [2.24, 2.45) is 0 Å². The van der Waals surface area contributed by atoms with Gasteiger partial charge in [0.05, 0.1) is 11.9 Å². The number of carbonyl (C=O) groups is 1. The number of anilines is 2. The Morgan fingerprint density at radius 3 is 2.20 bits per heavy atom. The number of piperazine rings is 1. The Labute approximate surface area is 184 Å². The van der Waals surface area contributed by atoms with Crippen LogP contribution < -0.4 is 9.21 Å². The second-order valence-electron chi connectivity index (χ2n) is 7.81. The Balaban J connectivity index is 1.74. The lowest BCUT2D eigenvalue weighted by Crippen LogP contribution is -2.55. The first-order chi connectivity index (χ1) is 14.1. The Morgan fingerprint density at radius 1 is 1.03 bits per heavy atom. The summed E-state index contributed by atoms with van der Waals surface area (Å²) in [4.78, 5) is 17.1. The zero-order valence-corrected chi connectivity index (χ0v) is 19.4. The van der Waals surface area contributed by atoms with Crippen LogP contribution in [0.25, 0.3) is 0 Å². The van der Waals surface area contributed by atoms with E-state index in [4.69, 9.17) is 11.6 Å². The van der Waals surface area contributed by atoms with Gasteiger partial charge in [-0.2, -0.15) is 0 Å². The summed E-state index contributed by atoms with van der Waals surface area (Å²) < 4.78 is 26.2. The zero-order chi connectivity index (χ0) is 22.1. The first-order valence-corrected chi connectivity index (χ1v) is 12.2. The maximum absolute atomic E-state index is 13.2. The second-order valence-corrected chi connectivity index (χ2v) is 10.1. The second kappa shape index (κ2) is 8.86. The third-order valence-electron chi connectivity index (χ3n) is 5.46. The van der Waals surface area contributed by atoms with Crippen molar-refractivity contribution in [2.75, 3.05) is 41.6 Å². The first-order valence-electron chi connectivity index (χ1n) is 9.94. The Kier molecular flexibility index (Phi) is 6.62. The van der Waals surface area contributed by atoms with Crippen molar-refractivity contribution in [1.29, 1.82) is 0 Å². The van der Waals surface area contributed by atoms with Gasteiger partial charge in [0.25, 0.3) is 0 Å². The van der Waals surface area contributed by atoms with Gasteiger partial charge in [-0.1, -0.05) is 35.4 Å². The van der Waals surface area contributed by atoms with Crippen LogP contribution in [0.5, 0.6) is 0 Å². The molecule has 8 heteroatoms. The highest BCUT2D eigenvalue weighted by molar-refractivity contribution is 7.92. The fourth-order valence-corrected chi connectivity index (χ4v) is 5.19. The van der Waals surface area contributed by atoms with E-state index in [2.05, 4.69) is 4.90 Å². The summed E-state index contributed by atoms with van der Waals surface area (Å²) in [6, 6.07) is 12.1. The van der Waals surface area contributed by atoms with Crippen LogP contribution >= 0.6 is 11.6 Å². The van der Waals surface area contributed by atoms with Crippen molar-refractivity contribution in [1.82, 2.24) is 4.90 Å². The number of rotatable bonds is 5. The smallest absolute Gasteiger partial charge is 0.246 e. The highest BCUT2D eigenvalue weighted by atomic mass is 35.5. The van der Waals surface area contributed by atoms with E-state index in [-0.39, 0.29) is 5.91 Å². The molecule has 0 spiro atoms. The fraction of sp³-hybridized carbons (Fsp3) is 0.409. The molecule has 0 saturated carbocycles. The molecule has 3 rings (SSSR count). The van der Waals surface area contributed by atoms with Gasteiger partial charge in [0.15, 0.2) is 0 Å². The summed E-state index contributed by atoms with van der Waals surface area (Å²) >= 11 is 6.15. The predicted molar refractivity (Wildman–Crippen MR) is 123 cm³/mol. The van der Waals surface area contributed by atoms with E-state index in [9.17, 15) is 13.2 Å². The van der Waals surface area contributed by atoms with Gasteiger partial charge in [-0.25, -0.2) is 8.42 Å². The quantitative estimate of drug-likeness (QED) is 0.701. The molecular weight excluding hydrogens is 422 g/mol. The Bertz CT molecular complexity index is 1020. The van der Waals surface area contributed by atoms with Crippen LogP contribution in [-0.2, 0) is 14.8 Å². The average Bonchev–Trinajstić information content (AvgIpc) is 2.70. The van der Waals surface area contributed by atoms with Crippen molar-refractivity contribution in [3.8, 4) is 0 Å². The lowest BCUT2D eigenvalue weighted by atomic mass is 10.1. The fourth-order valence-electron chi connectivity index (χ4n) is 3.85. The van der Waals surface area contributed by atoms with Gasteiger partial charge in [-0.3, -0.25) is 9.10 Å². The molecule has 30 heavy (non-hydrogen) atoms. The zero-order valence-electron chi connectivity index (χ0n) is 17.8. The van der Waals surface area contributed by atoms with Crippen LogP contribution in [0.15, 0.2) is 42.5 Å². The lowest BCUT2D eigenvalue weighted by molar-refractivity contribution is -0.132. The SMILES string of the molecule is Cc1ccc(N([C@@H](C)C(=O)N2CCN(c3cc(Cl)ccc3C)CC2)S(C)(=O)=O)cc1. The van der Waals surface area contributed by atoms with Gasteiger partial charge in [0, 0.05) is 36.9 Å². The minimum Gasteiger partial charge on any atom is -0.368 e.